The molecule has 160 valence electrons. The van der Waals surface area contributed by atoms with Gasteiger partial charge in [0.15, 0.2) is 0 Å². The van der Waals surface area contributed by atoms with Gasteiger partial charge in [-0.15, -0.1) is 0 Å². The maximum absolute atomic E-state index is 6.34. The Hall–Kier alpha value is -2.92. The molecule has 31 heavy (non-hydrogen) atoms. The molecule has 0 unspecified atom stereocenters. The fourth-order valence-corrected chi connectivity index (χ4v) is 3.67. The van der Waals surface area contributed by atoms with Crippen molar-refractivity contribution in [1.29, 1.82) is 0 Å². The van der Waals surface area contributed by atoms with E-state index in [1.54, 1.807) is 7.11 Å². The average molecular weight is 417 g/mol. The van der Waals surface area contributed by atoms with Crippen LogP contribution in [0, 0.1) is 0 Å². The zero-order valence-corrected chi connectivity index (χ0v) is 17.7. The normalized spacial score (nSPS) is 20.4. The van der Waals surface area contributed by atoms with Crippen molar-refractivity contribution in [2.75, 3.05) is 7.11 Å². The van der Waals surface area contributed by atoms with E-state index in [4.69, 9.17) is 18.9 Å². The van der Waals surface area contributed by atoms with E-state index in [0.717, 1.165) is 22.4 Å². The van der Waals surface area contributed by atoms with Gasteiger partial charge in [0, 0.05) is 0 Å². The molecule has 3 aromatic rings. The van der Waals surface area contributed by atoms with Gasteiger partial charge < -0.3 is 18.9 Å². The van der Waals surface area contributed by atoms with Crippen molar-refractivity contribution >= 4 is 0 Å². The van der Waals surface area contributed by atoms with Crippen molar-refractivity contribution in [1.82, 2.24) is 0 Å². The van der Waals surface area contributed by atoms with E-state index in [1.165, 1.54) is 0 Å². The van der Waals surface area contributed by atoms with Crippen LogP contribution in [0.2, 0.25) is 0 Å². The molecule has 0 N–H and O–H groups in total. The molecule has 4 nitrogen and oxygen atoms in total. The van der Waals surface area contributed by atoms with Crippen LogP contribution in [-0.4, -0.2) is 25.4 Å². The molecular weight excluding hydrogens is 388 g/mol. The third-order valence-corrected chi connectivity index (χ3v) is 5.31. The summed E-state index contributed by atoms with van der Waals surface area (Å²) >= 11 is 0. The van der Waals surface area contributed by atoms with E-state index in [9.17, 15) is 0 Å². The summed E-state index contributed by atoms with van der Waals surface area (Å²) in [5, 5.41) is 0. The van der Waals surface area contributed by atoms with Crippen LogP contribution < -0.4 is 0 Å². The Bertz CT molecular complexity index is 941. The first-order chi connectivity index (χ1) is 15.3. The van der Waals surface area contributed by atoms with Crippen LogP contribution in [-0.2, 0) is 38.8 Å². The zero-order chi connectivity index (χ0) is 21.3. The molecule has 3 atom stereocenters. The monoisotopic (exact) mass is 416 g/mol. The predicted octanol–water partition coefficient (Wildman–Crippen LogP) is 5.29. The van der Waals surface area contributed by atoms with Gasteiger partial charge >= 0.3 is 0 Å². The zero-order valence-electron chi connectivity index (χ0n) is 17.7. The molecule has 0 aromatic heterocycles. The van der Waals surface area contributed by atoms with Gasteiger partial charge in [0.05, 0.1) is 26.9 Å². The van der Waals surface area contributed by atoms with Crippen LogP contribution in [0.4, 0.5) is 0 Å². The predicted molar refractivity (Wildman–Crippen MR) is 120 cm³/mol. The number of benzene rings is 3. The average Bonchev–Trinajstić information content (AvgIpc) is 3.18. The quantitative estimate of drug-likeness (QED) is 0.450. The molecule has 4 rings (SSSR count). The van der Waals surface area contributed by atoms with Crippen molar-refractivity contribution in [3.05, 3.63) is 120 Å². The van der Waals surface area contributed by atoms with E-state index in [1.807, 2.05) is 72.8 Å². The van der Waals surface area contributed by atoms with Crippen molar-refractivity contribution in [2.24, 2.45) is 0 Å². The first kappa shape index (κ1) is 21.3. The first-order valence-electron chi connectivity index (χ1n) is 10.6. The summed E-state index contributed by atoms with van der Waals surface area (Å²) in [7, 11) is 1.67. The van der Waals surface area contributed by atoms with E-state index < -0.39 is 0 Å². The molecule has 0 fully saturated rings. The molecule has 0 saturated carbocycles. The Balaban J connectivity index is 1.47. The highest BCUT2D eigenvalue weighted by atomic mass is 16.6. The van der Waals surface area contributed by atoms with Gasteiger partial charge in [0.25, 0.3) is 0 Å². The summed E-state index contributed by atoms with van der Waals surface area (Å²) in [6, 6.07) is 30.4. The second kappa shape index (κ2) is 10.9. The molecule has 0 saturated heterocycles. The first-order valence-corrected chi connectivity index (χ1v) is 10.6. The Morgan fingerprint density at radius 1 is 0.581 bits per heavy atom. The highest BCUT2D eigenvalue weighted by molar-refractivity contribution is 5.21. The van der Waals surface area contributed by atoms with Crippen LogP contribution in [0.25, 0.3) is 0 Å². The van der Waals surface area contributed by atoms with E-state index in [2.05, 4.69) is 24.3 Å². The van der Waals surface area contributed by atoms with Crippen LogP contribution in [0.3, 0.4) is 0 Å². The summed E-state index contributed by atoms with van der Waals surface area (Å²) in [6.45, 7) is 1.45. The summed E-state index contributed by atoms with van der Waals surface area (Å²) in [5.41, 5.74) is 3.33. The number of hydrogen-bond donors (Lipinski definition) is 0. The lowest BCUT2D eigenvalue weighted by molar-refractivity contribution is -0.122. The topological polar surface area (TPSA) is 36.9 Å². The standard InChI is InChI=1S/C27H28O4/c1-28-24-17-25(29-18-21-11-5-2-6-12-21)27(31-20-23-15-9-4-10-16-23)26(24)30-19-22-13-7-3-8-14-22/h2-17,25-27H,18-20H2,1H3/t25-,26+,27-/m1/s1. The Kier molecular flexibility index (Phi) is 7.51. The minimum absolute atomic E-state index is 0.264. The Morgan fingerprint density at radius 3 is 1.52 bits per heavy atom. The molecule has 0 heterocycles. The second-order valence-corrected chi connectivity index (χ2v) is 7.51. The van der Waals surface area contributed by atoms with E-state index in [0.29, 0.717) is 19.8 Å². The van der Waals surface area contributed by atoms with Crippen LogP contribution in [0.1, 0.15) is 16.7 Å². The summed E-state index contributed by atoms with van der Waals surface area (Å²) in [6.07, 6.45) is 1.07. The SMILES string of the molecule is COC1=C[C@@H](OCc2ccccc2)[C@@H](OCc2ccccc2)[C@H]1OCc1ccccc1. The fraction of sp³-hybridized carbons (Fsp3) is 0.259. The summed E-state index contributed by atoms with van der Waals surface area (Å²) in [5.74, 6) is 0.743. The van der Waals surface area contributed by atoms with Gasteiger partial charge in [-0.3, -0.25) is 0 Å². The molecule has 0 aliphatic heterocycles. The maximum Gasteiger partial charge on any atom is 0.144 e. The highest BCUT2D eigenvalue weighted by Gasteiger charge is 2.41. The van der Waals surface area contributed by atoms with Crippen molar-refractivity contribution in [3.63, 3.8) is 0 Å². The van der Waals surface area contributed by atoms with Gasteiger partial charge in [-0.05, 0) is 22.8 Å². The van der Waals surface area contributed by atoms with Crippen LogP contribution in [0.15, 0.2) is 103 Å². The molecule has 0 spiro atoms. The lowest BCUT2D eigenvalue weighted by Gasteiger charge is -2.27. The third kappa shape index (κ3) is 5.82. The smallest absolute Gasteiger partial charge is 0.144 e. The third-order valence-electron chi connectivity index (χ3n) is 5.31. The number of hydrogen-bond acceptors (Lipinski definition) is 4. The van der Waals surface area contributed by atoms with Crippen molar-refractivity contribution < 1.29 is 18.9 Å². The molecule has 1 aliphatic carbocycles. The molecule has 1 aliphatic rings. The van der Waals surface area contributed by atoms with Gasteiger partial charge in [-0.25, -0.2) is 0 Å². The van der Waals surface area contributed by atoms with Crippen LogP contribution in [0.5, 0.6) is 0 Å². The van der Waals surface area contributed by atoms with Crippen molar-refractivity contribution in [3.8, 4) is 0 Å². The fourth-order valence-electron chi connectivity index (χ4n) is 3.67. The molecule has 3 aromatic carbocycles. The summed E-state index contributed by atoms with van der Waals surface area (Å²) in [4.78, 5) is 0. The van der Waals surface area contributed by atoms with E-state index in [-0.39, 0.29) is 18.3 Å². The number of ether oxygens (including phenoxy) is 4. The van der Waals surface area contributed by atoms with Gasteiger partial charge in [0.2, 0.25) is 0 Å². The lowest BCUT2D eigenvalue weighted by atomic mass is 10.1. The van der Waals surface area contributed by atoms with Gasteiger partial charge in [-0.2, -0.15) is 0 Å². The highest BCUT2D eigenvalue weighted by Crippen LogP contribution is 2.30. The molecule has 0 bridgehead atoms. The van der Waals surface area contributed by atoms with E-state index >= 15 is 0 Å². The molecular formula is C27H28O4. The minimum atomic E-state index is -0.338. The van der Waals surface area contributed by atoms with Crippen LogP contribution >= 0.6 is 0 Å². The Labute approximate surface area is 184 Å². The molecule has 4 heteroatoms. The van der Waals surface area contributed by atoms with Gasteiger partial charge in [-0.1, -0.05) is 91.0 Å². The number of methoxy groups -OCH3 is 1. The maximum atomic E-state index is 6.34. The van der Waals surface area contributed by atoms with Crippen molar-refractivity contribution in [2.45, 2.75) is 38.1 Å². The lowest BCUT2D eigenvalue weighted by Crippen LogP contribution is -2.37. The minimum Gasteiger partial charge on any atom is -0.498 e. The van der Waals surface area contributed by atoms with Gasteiger partial charge in [0.1, 0.15) is 24.1 Å². The second-order valence-electron chi connectivity index (χ2n) is 7.51. The molecule has 0 amide bonds. The largest absolute Gasteiger partial charge is 0.498 e. The molecule has 0 radical (unpaired) electrons. The summed E-state index contributed by atoms with van der Waals surface area (Å²) < 4.78 is 24.5. The number of rotatable bonds is 10. The Morgan fingerprint density at radius 2 is 1.03 bits per heavy atom.